The summed E-state index contributed by atoms with van der Waals surface area (Å²) in [6.45, 7) is 3.63. The van der Waals surface area contributed by atoms with Crippen LogP contribution in [0.2, 0.25) is 0 Å². The number of nitrogens with two attached hydrogens (primary N) is 1. The number of carbonyl (C=O) groups excluding carboxylic acids is 1. The molecule has 76 valence electrons. The molecule has 5 heteroatoms. The summed E-state index contributed by atoms with van der Waals surface area (Å²) in [6.07, 6.45) is 4.42. The molecule has 1 rings (SSSR count). The summed E-state index contributed by atoms with van der Waals surface area (Å²) in [6, 6.07) is 0. The van der Waals surface area contributed by atoms with E-state index in [-0.39, 0.29) is 5.91 Å². The lowest BCUT2D eigenvalue weighted by atomic mass is 10.2. The van der Waals surface area contributed by atoms with Crippen molar-refractivity contribution in [3.63, 3.8) is 0 Å². The molecular formula is C9H14N4O. The molecule has 1 heterocycles. The number of hydrogen-bond acceptors (Lipinski definition) is 3. The number of unbranched alkanes of at least 4 members (excludes halogenated alkanes) is 1. The first-order chi connectivity index (χ1) is 6.65. The minimum Gasteiger partial charge on any atom is -0.382 e. The topological polar surface area (TPSA) is 72.9 Å². The SMILES string of the molecule is [CH2]CC[CH]C(=O)Nc1cnn(C)c1N. The summed E-state index contributed by atoms with van der Waals surface area (Å²) in [5.74, 6) is 0.273. The molecule has 3 N–H and O–H groups in total. The fraction of sp³-hybridized carbons (Fsp3) is 0.333. The quantitative estimate of drug-likeness (QED) is 0.743. The highest BCUT2D eigenvalue weighted by molar-refractivity contribution is 5.98. The number of nitrogens with zero attached hydrogens (tertiary/aromatic N) is 2. The number of hydrogen-bond donors (Lipinski definition) is 2. The molecular weight excluding hydrogens is 180 g/mol. The number of aromatic nitrogens is 2. The molecule has 0 aliphatic rings. The predicted octanol–water partition coefficient (Wildman–Crippen LogP) is 0.759. The maximum absolute atomic E-state index is 11.2. The molecule has 1 amide bonds. The van der Waals surface area contributed by atoms with Gasteiger partial charge >= 0.3 is 0 Å². The van der Waals surface area contributed by atoms with Crippen molar-refractivity contribution in [2.24, 2.45) is 7.05 Å². The zero-order chi connectivity index (χ0) is 10.6. The van der Waals surface area contributed by atoms with Crippen LogP contribution in [0.1, 0.15) is 12.8 Å². The highest BCUT2D eigenvalue weighted by atomic mass is 16.1. The fourth-order valence-corrected chi connectivity index (χ4v) is 0.960. The van der Waals surface area contributed by atoms with Crippen molar-refractivity contribution < 1.29 is 4.79 Å². The van der Waals surface area contributed by atoms with Crippen LogP contribution in [0.3, 0.4) is 0 Å². The standard InChI is InChI=1S/C9H14N4O/c1-3-4-5-8(14)12-7-6-11-13(2)9(7)10/h5-6H,1,3-4,10H2,2H3,(H,12,14). The maximum Gasteiger partial charge on any atom is 0.228 e. The summed E-state index contributed by atoms with van der Waals surface area (Å²) < 4.78 is 1.50. The lowest BCUT2D eigenvalue weighted by Gasteiger charge is -2.02. The van der Waals surface area contributed by atoms with Crippen molar-refractivity contribution in [1.82, 2.24) is 9.78 Å². The van der Waals surface area contributed by atoms with Crippen LogP contribution in [-0.4, -0.2) is 15.7 Å². The Bertz CT molecular complexity index is 319. The van der Waals surface area contributed by atoms with E-state index >= 15 is 0 Å². The summed E-state index contributed by atoms with van der Waals surface area (Å²) in [7, 11) is 1.71. The molecule has 0 spiro atoms. The number of nitrogens with one attached hydrogen (secondary N) is 1. The Hall–Kier alpha value is -1.52. The van der Waals surface area contributed by atoms with Gasteiger partial charge < -0.3 is 11.1 Å². The number of nitrogen functional groups attached to an aromatic ring is 1. The van der Waals surface area contributed by atoms with E-state index in [1.54, 1.807) is 13.5 Å². The Morgan fingerprint density at radius 1 is 1.86 bits per heavy atom. The molecule has 0 aliphatic carbocycles. The molecule has 0 fully saturated rings. The summed E-state index contributed by atoms with van der Waals surface area (Å²) >= 11 is 0. The molecule has 0 unspecified atom stereocenters. The second-order valence-electron chi connectivity index (χ2n) is 2.90. The third-order valence-electron chi connectivity index (χ3n) is 1.78. The normalized spacial score (nSPS) is 10.1. The number of carbonyl (C=O) groups is 1. The van der Waals surface area contributed by atoms with Gasteiger partial charge in [0.1, 0.15) is 11.5 Å². The maximum atomic E-state index is 11.2. The van der Waals surface area contributed by atoms with E-state index in [0.717, 1.165) is 0 Å². The average molecular weight is 194 g/mol. The van der Waals surface area contributed by atoms with Crippen LogP contribution in [0.4, 0.5) is 11.5 Å². The van der Waals surface area contributed by atoms with Crippen LogP contribution in [-0.2, 0) is 11.8 Å². The van der Waals surface area contributed by atoms with Crippen LogP contribution < -0.4 is 11.1 Å². The minimum atomic E-state index is -0.173. The minimum absolute atomic E-state index is 0.173. The fourth-order valence-electron chi connectivity index (χ4n) is 0.960. The molecule has 14 heavy (non-hydrogen) atoms. The molecule has 0 saturated heterocycles. The van der Waals surface area contributed by atoms with Crippen LogP contribution >= 0.6 is 0 Å². The van der Waals surface area contributed by atoms with E-state index in [4.69, 9.17) is 5.73 Å². The van der Waals surface area contributed by atoms with Crippen molar-refractivity contribution in [3.05, 3.63) is 19.5 Å². The summed E-state index contributed by atoms with van der Waals surface area (Å²) in [5, 5.41) is 6.54. The van der Waals surface area contributed by atoms with Gasteiger partial charge in [0.2, 0.25) is 5.91 Å². The van der Waals surface area contributed by atoms with E-state index in [0.29, 0.717) is 24.3 Å². The molecule has 0 bridgehead atoms. The molecule has 1 aromatic rings. The largest absolute Gasteiger partial charge is 0.382 e. The Balaban J connectivity index is 2.52. The van der Waals surface area contributed by atoms with Crippen molar-refractivity contribution in [2.45, 2.75) is 12.8 Å². The third-order valence-corrected chi connectivity index (χ3v) is 1.78. The van der Waals surface area contributed by atoms with Gasteiger partial charge in [-0.3, -0.25) is 9.48 Å². The average Bonchev–Trinajstić information content (AvgIpc) is 2.46. The third kappa shape index (κ3) is 2.48. The molecule has 5 nitrogen and oxygen atoms in total. The second kappa shape index (κ2) is 4.64. The first kappa shape index (κ1) is 10.6. The Morgan fingerprint density at radius 2 is 2.57 bits per heavy atom. The number of anilines is 2. The number of amides is 1. The van der Waals surface area contributed by atoms with Gasteiger partial charge in [-0.05, 0) is 6.42 Å². The zero-order valence-electron chi connectivity index (χ0n) is 8.16. The van der Waals surface area contributed by atoms with Gasteiger partial charge in [-0.25, -0.2) is 0 Å². The smallest absolute Gasteiger partial charge is 0.228 e. The van der Waals surface area contributed by atoms with E-state index in [2.05, 4.69) is 17.3 Å². The van der Waals surface area contributed by atoms with Crippen molar-refractivity contribution in [1.29, 1.82) is 0 Å². The van der Waals surface area contributed by atoms with Crippen molar-refractivity contribution >= 4 is 17.4 Å². The first-order valence-corrected chi connectivity index (χ1v) is 4.36. The van der Waals surface area contributed by atoms with Gasteiger partial charge in [0, 0.05) is 13.5 Å². The van der Waals surface area contributed by atoms with Crippen LogP contribution in [0.5, 0.6) is 0 Å². The van der Waals surface area contributed by atoms with Crippen LogP contribution in [0.15, 0.2) is 6.20 Å². The first-order valence-electron chi connectivity index (χ1n) is 4.36. The summed E-state index contributed by atoms with van der Waals surface area (Å²) in [4.78, 5) is 11.2. The van der Waals surface area contributed by atoms with E-state index < -0.39 is 0 Å². The van der Waals surface area contributed by atoms with E-state index in [9.17, 15) is 4.79 Å². The highest BCUT2D eigenvalue weighted by Gasteiger charge is 2.07. The van der Waals surface area contributed by atoms with Crippen molar-refractivity contribution in [3.8, 4) is 0 Å². The van der Waals surface area contributed by atoms with Gasteiger partial charge in [0.25, 0.3) is 0 Å². The predicted molar refractivity (Wildman–Crippen MR) is 55.1 cm³/mol. The summed E-state index contributed by atoms with van der Waals surface area (Å²) in [5.41, 5.74) is 6.18. The Labute approximate surface area is 83.3 Å². The van der Waals surface area contributed by atoms with E-state index in [1.807, 2.05) is 0 Å². The number of rotatable bonds is 4. The molecule has 0 aliphatic heterocycles. The molecule has 0 aromatic carbocycles. The Morgan fingerprint density at radius 3 is 3.07 bits per heavy atom. The van der Waals surface area contributed by atoms with Gasteiger partial charge in [-0.15, -0.1) is 0 Å². The van der Waals surface area contributed by atoms with Gasteiger partial charge in [-0.2, -0.15) is 5.10 Å². The molecule has 0 saturated carbocycles. The van der Waals surface area contributed by atoms with Gasteiger partial charge in [-0.1, -0.05) is 13.3 Å². The highest BCUT2D eigenvalue weighted by Crippen LogP contribution is 2.15. The lowest BCUT2D eigenvalue weighted by Crippen LogP contribution is -2.12. The molecule has 2 radical (unpaired) electrons. The van der Waals surface area contributed by atoms with Crippen molar-refractivity contribution in [2.75, 3.05) is 11.1 Å². The monoisotopic (exact) mass is 194 g/mol. The van der Waals surface area contributed by atoms with E-state index in [1.165, 1.54) is 10.9 Å². The number of aryl methyl sites for hydroxylation is 1. The van der Waals surface area contributed by atoms with Gasteiger partial charge in [0.15, 0.2) is 0 Å². The van der Waals surface area contributed by atoms with Gasteiger partial charge in [0.05, 0.1) is 6.20 Å². The molecule has 1 aromatic heterocycles. The second-order valence-corrected chi connectivity index (χ2v) is 2.90. The lowest BCUT2D eigenvalue weighted by molar-refractivity contribution is -0.113. The molecule has 0 atom stereocenters. The Kier molecular flexibility index (Phi) is 3.50. The zero-order valence-corrected chi connectivity index (χ0v) is 8.16. The van der Waals surface area contributed by atoms with Crippen LogP contribution in [0.25, 0.3) is 0 Å². The van der Waals surface area contributed by atoms with Crippen LogP contribution in [0, 0.1) is 13.3 Å².